The molecule has 18 heavy (non-hydrogen) atoms. The first-order valence-electron chi connectivity index (χ1n) is 6.02. The molecule has 1 heterocycles. The zero-order valence-electron chi connectivity index (χ0n) is 11.3. The highest BCUT2D eigenvalue weighted by molar-refractivity contribution is 7.13. The van der Waals surface area contributed by atoms with Gasteiger partial charge in [0.25, 0.3) is 0 Å². The van der Waals surface area contributed by atoms with Gasteiger partial charge in [-0.15, -0.1) is 11.3 Å². The van der Waals surface area contributed by atoms with Crippen molar-refractivity contribution < 1.29 is 0 Å². The van der Waals surface area contributed by atoms with E-state index < -0.39 is 0 Å². The van der Waals surface area contributed by atoms with Crippen LogP contribution in [0.2, 0.25) is 0 Å². The van der Waals surface area contributed by atoms with E-state index in [0.29, 0.717) is 0 Å². The summed E-state index contributed by atoms with van der Waals surface area (Å²) in [7, 11) is 4.01. The third-order valence-corrected chi connectivity index (χ3v) is 3.86. The average molecular weight is 261 g/mol. The molecule has 0 aliphatic carbocycles. The standard InChI is InChI=1S/C14H19N3S/c1-10-5-6-13(11(2)7-10)17(4)14-16-12(8-15-3)9-18-14/h5-7,9,15H,8H2,1-4H3. The van der Waals surface area contributed by atoms with Crippen LogP contribution < -0.4 is 10.2 Å². The van der Waals surface area contributed by atoms with Crippen LogP contribution in [0, 0.1) is 13.8 Å². The number of nitrogens with one attached hydrogen (secondary N) is 1. The van der Waals surface area contributed by atoms with Crippen molar-refractivity contribution in [2.75, 3.05) is 19.0 Å². The van der Waals surface area contributed by atoms with E-state index in [1.54, 1.807) is 11.3 Å². The molecule has 0 saturated heterocycles. The van der Waals surface area contributed by atoms with Crippen molar-refractivity contribution in [2.24, 2.45) is 0 Å². The first kappa shape index (κ1) is 13.1. The largest absolute Gasteiger partial charge is 0.321 e. The lowest BCUT2D eigenvalue weighted by Crippen LogP contribution is -2.11. The lowest BCUT2D eigenvalue weighted by Gasteiger charge is -2.18. The quantitative estimate of drug-likeness (QED) is 0.915. The molecule has 4 heteroatoms. The van der Waals surface area contributed by atoms with E-state index in [0.717, 1.165) is 17.4 Å². The molecule has 1 aromatic carbocycles. The Morgan fingerprint density at radius 1 is 1.33 bits per heavy atom. The minimum atomic E-state index is 0.817. The number of benzene rings is 1. The molecule has 0 atom stereocenters. The van der Waals surface area contributed by atoms with E-state index in [-0.39, 0.29) is 0 Å². The summed E-state index contributed by atoms with van der Waals surface area (Å²) in [6.07, 6.45) is 0. The molecule has 2 aromatic rings. The normalized spacial score (nSPS) is 10.7. The molecule has 0 aliphatic heterocycles. The van der Waals surface area contributed by atoms with Gasteiger partial charge in [-0.25, -0.2) is 4.98 Å². The van der Waals surface area contributed by atoms with Gasteiger partial charge in [0, 0.05) is 24.7 Å². The lowest BCUT2D eigenvalue weighted by atomic mass is 10.1. The van der Waals surface area contributed by atoms with E-state index >= 15 is 0 Å². The number of aryl methyl sites for hydroxylation is 2. The molecule has 0 radical (unpaired) electrons. The Morgan fingerprint density at radius 3 is 2.78 bits per heavy atom. The molecule has 1 N–H and O–H groups in total. The van der Waals surface area contributed by atoms with Gasteiger partial charge in [0.2, 0.25) is 0 Å². The smallest absolute Gasteiger partial charge is 0.189 e. The summed E-state index contributed by atoms with van der Waals surface area (Å²) in [4.78, 5) is 6.77. The highest BCUT2D eigenvalue weighted by Crippen LogP contribution is 2.29. The maximum atomic E-state index is 4.62. The van der Waals surface area contributed by atoms with Gasteiger partial charge in [0.1, 0.15) is 0 Å². The van der Waals surface area contributed by atoms with E-state index in [4.69, 9.17) is 0 Å². The maximum Gasteiger partial charge on any atom is 0.189 e. The SMILES string of the molecule is CNCc1csc(N(C)c2ccc(C)cc2C)n1. The molecule has 0 amide bonds. The van der Waals surface area contributed by atoms with E-state index in [9.17, 15) is 0 Å². The number of rotatable bonds is 4. The van der Waals surface area contributed by atoms with Crippen LogP contribution in [-0.2, 0) is 6.54 Å². The first-order valence-corrected chi connectivity index (χ1v) is 6.89. The third kappa shape index (κ3) is 2.71. The Morgan fingerprint density at radius 2 is 2.11 bits per heavy atom. The first-order chi connectivity index (χ1) is 8.61. The summed E-state index contributed by atoms with van der Waals surface area (Å²) in [6, 6.07) is 6.50. The summed E-state index contributed by atoms with van der Waals surface area (Å²) in [6.45, 7) is 5.07. The van der Waals surface area contributed by atoms with Gasteiger partial charge in [0.05, 0.1) is 5.69 Å². The summed E-state index contributed by atoms with van der Waals surface area (Å²) < 4.78 is 0. The number of hydrogen-bond acceptors (Lipinski definition) is 4. The Labute approximate surface area is 112 Å². The lowest BCUT2D eigenvalue weighted by molar-refractivity contribution is 0.797. The molecule has 96 valence electrons. The van der Waals surface area contributed by atoms with Crippen molar-refractivity contribution in [3.8, 4) is 0 Å². The fourth-order valence-electron chi connectivity index (χ4n) is 2.00. The van der Waals surface area contributed by atoms with Gasteiger partial charge >= 0.3 is 0 Å². The highest BCUT2D eigenvalue weighted by atomic mass is 32.1. The summed E-state index contributed by atoms with van der Waals surface area (Å²) >= 11 is 1.68. The van der Waals surface area contributed by atoms with E-state index in [1.165, 1.54) is 16.8 Å². The second kappa shape index (κ2) is 5.50. The minimum absolute atomic E-state index is 0.817. The van der Waals surface area contributed by atoms with Crippen molar-refractivity contribution in [1.29, 1.82) is 0 Å². The maximum absolute atomic E-state index is 4.62. The van der Waals surface area contributed by atoms with Gasteiger partial charge < -0.3 is 10.2 Å². The topological polar surface area (TPSA) is 28.2 Å². The van der Waals surface area contributed by atoms with Gasteiger partial charge in [-0.3, -0.25) is 0 Å². The van der Waals surface area contributed by atoms with Gasteiger partial charge in [-0.2, -0.15) is 0 Å². The Kier molecular flexibility index (Phi) is 3.99. The van der Waals surface area contributed by atoms with Crippen molar-refractivity contribution in [3.05, 3.63) is 40.4 Å². The zero-order valence-corrected chi connectivity index (χ0v) is 12.1. The van der Waals surface area contributed by atoms with Crippen LogP contribution in [0.3, 0.4) is 0 Å². The fraction of sp³-hybridized carbons (Fsp3) is 0.357. The number of aromatic nitrogens is 1. The van der Waals surface area contributed by atoms with Crippen molar-refractivity contribution in [2.45, 2.75) is 20.4 Å². The Bertz CT molecular complexity index is 534. The molecular formula is C14H19N3S. The summed E-state index contributed by atoms with van der Waals surface area (Å²) in [5, 5.41) is 6.26. The zero-order chi connectivity index (χ0) is 13.1. The molecule has 1 aromatic heterocycles. The molecule has 0 bridgehead atoms. The van der Waals surface area contributed by atoms with Crippen LogP contribution in [0.4, 0.5) is 10.8 Å². The van der Waals surface area contributed by atoms with Crippen LogP contribution in [0.25, 0.3) is 0 Å². The number of anilines is 2. The number of nitrogens with zero attached hydrogens (tertiary/aromatic N) is 2. The van der Waals surface area contributed by atoms with Crippen molar-refractivity contribution >= 4 is 22.2 Å². The van der Waals surface area contributed by atoms with Gasteiger partial charge in [-0.05, 0) is 32.5 Å². The predicted octanol–water partition coefficient (Wildman–Crippen LogP) is 3.25. The van der Waals surface area contributed by atoms with Crippen molar-refractivity contribution in [1.82, 2.24) is 10.3 Å². The van der Waals surface area contributed by atoms with E-state index in [1.807, 2.05) is 7.05 Å². The Hall–Kier alpha value is -1.39. The van der Waals surface area contributed by atoms with Crippen LogP contribution >= 0.6 is 11.3 Å². The van der Waals surface area contributed by atoms with E-state index in [2.05, 4.69) is 59.7 Å². The average Bonchev–Trinajstić information content (AvgIpc) is 2.77. The highest BCUT2D eigenvalue weighted by Gasteiger charge is 2.10. The predicted molar refractivity (Wildman–Crippen MR) is 78.9 cm³/mol. The fourth-order valence-corrected chi connectivity index (χ4v) is 2.80. The van der Waals surface area contributed by atoms with Gasteiger partial charge in [-0.1, -0.05) is 17.7 Å². The minimum Gasteiger partial charge on any atom is -0.321 e. The second-order valence-corrected chi connectivity index (χ2v) is 5.34. The molecule has 0 aliphatic rings. The monoisotopic (exact) mass is 261 g/mol. The molecular weight excluding hydrogens is 242 g/mol. The second-order valence-electron chi connectivity index (χ2n) is 4.50. The number of hydrogen-bond donors (Lipinski definition) is 1. The van der Waals surface area contributed by atoms with Crippen LogP contribution in [0.1, 0.15) is 16.8 Å². The summed E-state index contributed by atoms with van der Waals surface area (Å²) in [5.74, 6) is 0. The molecule has 0 spiro atoms. The van der Waals surface area contributed by atoms with Crippen LogP contribution in [-0.4, -0.2) is 19.1 Å². The Balaban J connectivity index is 2.26. The third-order valence-electron chi connectivity index (χ3n) is 2.90. The molecule has 3 nitrogen and oxygen atoms in total. The molecule has 2 rings (SSSR count). The van der Waals surface area contributed by atoms with Gasteiger partial charge in [0.15, 0.2) is 5.13 Å². The van der Waals surface area contributed by atoms with Crippen LogP contribution in [0.5, 0.6) is 0 Å². The molecule has 0 unspecified atom stereocenters. The van der Waals surface area contributed by atoms with Crippen LogP contribution in [0.15, 0.2) is 23.6 Å². The summed E-state index contributed by atoms with van der Waals surface area (Å²) in [5.41, 5.74) is 4.88. The molecule has 0 saturated carbocycles. The van der Waals surface area contributed by atoms with Crippen molar-refractivity contribution in [3.63, 3.8) is 0 Å². The molecule has 0 fully saturated rings. The number of thiazole rings is 1.